The van der Waals surface area contributed by atoms with Gasteiger partial charge in [-0.25, -0.2) is 0 Å². The van der Waals surface area contributed by atoms with Crippen molar-refractivity contribution in [2.45, 2.75) is 0 Å². The molecule has 0 aromatic heterocycles. The van der Waals surface area contributed by atoms with E-state index in [2.05, 4.69) is 10.6 Å². The van der Waals surface area contributed by atoms with Crippen LogP contribution in [0.5, 0.6) is 0 Å². The molecule has 0 heterocycles. The molecule has 0 bridgehead atoms. The van der Waals surface area contributed by atoms with Crippen LogP contribution in [0.1, 0.15) is 0 Å². The fourth-order valence-electron chi connectivity index (χ4n) is 1.22. The smallest absolute Gasteiger partial charge is 0.250 e. The van der Waals surface area contributed by atoms with E-state index in [9.17, 15) is 9.59 Å². The Morgan fingerprint density at radius 2 is 1.71 bits per heavy atom. The first-order valence-corrected chi connectivity index (χ1v) is 5.05. The van der Waals surface area contributed by atoms with E-state index in [1.54, 1.807) is 24.3 Å². The van der Waals surface area contributed by atoms with Crippen LogP contribution in [-0.4, -0.2) is 32.1 Å². The maximum Gasteiger partial charge on any atom is 0.250 e. The molecule has 0 saturated carbocycles. The summed E-state index contributed by atoms with van der Waals surface area (Å²) in [6, 6.07) is 6.86. The first-order chi connectivity index (χ1) is 8.17. The molecular weight excluding hydrogens is 222 g/mol. The molecule has 6 nitrogen and oxygen atoms in total. The molecule has 17 heavy (non-hydrogen) atoms. The van der Waals surface area contributed by atoms with E-state index in [4.69, 9.17) is 10.5 Å². The summed E-state index contributed by atoms with van der Waals surface area (Å²) in [5, 5.41) is 5.21. The van der Waals surface area contributed by atoms with Gasteiger partial charge in [-0.15, -0.1) is 0 Å². The van der Waals surface area contributed by atoms with Crippen molar-refractivity contribution in [1.82, 2.24) is 0 Å². The number of rotatable bonds is 5. The van der Waals surface area contributed by atoms with Gasteiger partial charge in [-0.05, 0) is 12.1 Å². The molecule has 92 valence electrons. The average Bonchev–Trinajstić information content (AvgIpc) is 2.31. The minimum absolute atomic E-state index is 0.0425. The molecule has 0 radical (unpaired) electrons. The van der Waals surface area contributed by atoms with E-state index in [-0.39, 0.29) is 25.0 Å². The number of hydrogen-bond acceptors (Lipinski definition) is 4. The zero-order chi connectivity index (χ0) is 12.7. The SMILES string of the molecule is COCC(=O)Nc1ccccc1NC(=O)CN. The van der Waals surface area contributed by atoms with Crippen molar-refractivity contribution in [1.29, 1.82) is 0 Å². The van der Waals surface area contributed by atoms with Gasteiger partial charge in [0, 0.05) is 7.11 Å². The van der Waals surface area contributed by atoms with Gasteiger partial charge in [0.2, 0.25) is 11.8 Å². The molecule has 0 unspecified atom stereocenters. The van der Waals surface area contributed by atoms with E-state index in [1.807, 2.05) is 0 Å². The average molecular weight is 237 g/mol. The minimum atomic E-state index is -0.321. The summed E-state index contributed by atoms with van der Waals surface area (Å²) < 4.78 is 4.70. The Morgan fingerprint density at radius 3 is 2.18 bits per heavy atom. The number of amides is 2. The molecule has 0 aliphatic carbocycles. The molecule has 0 aliphatic heterocycles. The largest absolute Gasteiger partial charge is 0.375 e. The van der Waals surface area contributed by atoms with Crippen LogP contribution in [0.3, 0.4) is 0 Å². The second kappa shape index (κ2) is 6.62. The van der Waals surface area contributed by atoms with Crippen LogP contribution in [0.15, 0.2) is 24.3 Å². The van der Waals surface area contributed by atoms with Crippen LogP contribution in [0, 0.1) is 0 Å². The number of para-hydroxylation sites is 2. The lowest BCUT2D eigenvalue weighted by molar-refractivity contribution is -0.119. The zero-order valence-electron chi connectivity index (χ0n) is 9.53. The van der Waals surface area contributed by atoms with Gasteiger partial charge in [0.15, 0.2) is 0 Å². The summed E-state index contributed by atoms with van der Waals surface area (Å²) in [6.07, 6.45) is 0. The normalized spacial score (nSPS) is 9.76. The van der Waals surface area contributed by atoms with Crippen LogP contribution in [0.2, 0.25) is 0 Å². The highest BCUT2D eigenvalue weighted by molar-refractivity contribution is 6.00. The number of ether oxygens (including phenoxy) is 1. The van der Waals surface area contributed by atoms with E-state index < -0.39 is 0 Å². The van der Waals surface area contributed by atoms with Gasteiger partial charge in [0.1, 0.15) is 6.61 Å². The lowest BCUT2D eigenvalue weighted by atomic mass is 10.2. The van der Waals surface area contributed by atoms with Gasteiger partial charge in [-0.1, -0.05) is 12.1 Å². The van der Waals surface area contributed by atoms with E-state index >= 15 is 0 Å². The van der Waals surface area contributed by atoms with Crippen molar-refractivity contribution in [3.05, 3.63) is 24.3 Å². The van der Waals surface area contributed by atoms with Gasteiger partial charge in [0.05, 0.1) is 17.9 Å². The quantitative estimate of drug-likeness (QED) is 0.680. The lowest BCUT2D eigenvalue weighted by Crippen LogP contribution is -2.23. The predicted octanol–water partition coefficient (Wildman–Crippen LogP) is 0.169. The van der Waals surface area contributed by atoms with Crippen LogP contribution in [0.4, 0.5) is 11.4 Å². The Bertz CT molecular complexity index is 407. The number of nitrogens with two attached hydrogens (primary N) is 1. The van der Waals surface area contributed by atoms with Crippen molar-refractivity contribution in [2.75, 3.05) is 30.9 Å². The highest BCUT2D eigenvalue weighted by Gasteiger charge is 2.07. The van der Waals surface area contributed by atoms with Crippen LogP contribution >= 0.6 is 0 Å². The Labute approximate surface area is 99.1 Å². The van der Waals surface area contributed by atoms with Gasteiger partial charge in [0.25, 0.3) is 0 Å². The molecule has 2 amide bonds. The van der Waals surface area contributed by atoms with Crippen molar-refractivity contribution in [3.63, 3.8) is 0 Å². The van der Waals surface area contributed by atoms with Gasteiger partial charge < -0.3 is 21.1 Å². The Morgan fingerprint density at radius 1 is 1.18 bits per heavy atom. The van der Waals surface area contributed by atoms with Crippen LogP contribution < -0.4 is 16.4 Å². The topological polar surface area (TPSA) is 93.5 Å². The van der Waals surface area contributed by atoms with Crippen molar-refractivity contribution >= 4 is 23.2 Å². The number of carbonyl (C=O) groups excluding carboxylic acids is 2. The maximum atomic E-state index is 11.3. The highest BCUT2D eigenvalue weighted by Crippen LogP contribution is 2.20. The molecule has 1 aromatic carbocycles. The molecule has 0 aliphatic rings. The summed E-state index contributed by atoms with van der Waals surface area (Å²) in [5.41, 5.74) is 6.22. The monoisotopic (exact) mass is 237 g/mol. The van der Waals surface area contributed by atoms with Gasteiger partial charge in [-0.2, -0.15) is 0 Å². The number of benzene rings is 1. The third-order valence-corrected chi connectivity index (χ3v) is 1.94. The molecule has 0 spiro atoms. The molecule has 1 rings (SSSR count). The number of methoxy groups -OCH3 is 1. The lowest BCUT2D eigenvalue weighted by Gasteiger charge is -2.11. The Kier molecular flexibility index (Phi) is 5.12. The summed E-state index contributed by atoms with van der Waals surface area (Å²) in [7, 11) is 1.43. The van der Waals surface area contributed by atoms with Crippen LogP contribution in [0.25, 0.3) is 0 Å². The van der Waals surface area contributed by atoms with Crippen molar-refractivity contribution in [2.24, 2.45) is 5.73 Å². The molecule has 1 aromatic rings. The Balaban J connectivity index is 2.77. The first kappa shape index (κ1) is 13.1. The second-order valence-corrected chi connectivity index (χ2v) is 3.28. The zero-order valence-corrected chi connectivity index (χ0v) is 9.53. The summed E-state index contributed by atoms with van der Waals surface area (Å²) in [6.45, 7) is -0.153. The molecule has 0 atom stereocenters. The predicted molar refractivity (Wildman–Crippen MR) is 64.6 cm³/mol. The van der Waals surface area contributed by atoms with Crippen molar-refractivity contribution in [3.8, 4) is 0 Å². The molecule has 4 N–H and O–H groups in total. The number of hydrogen-bond donors (Lipinski definition) is 3. The second-order valence-electron chi connectivity index (χ2n) is 3.28. The number of nitrogens with one attached hydrogen (secondary N) is 2. The van der Waals surface area contributed by atoms with E-state index in [0.717, 1.165) is 0 Å². The summed E-state index contributed by atoms with van der Waals surface area (Å²) >= 11 is 0. The highest BCUT2D eigenvalue weighted by atomic mass is 16.5. The fourth-order valence-corrected chi connectivity index (χ4v) is 1.22. The minimum Gasteiger partial charge on any atom is -0.375 e. The molecule has 0 fully saturated rings. The molecular formula is C11H15N3O3. The molecule has 6 heteroatoms. The third-order valence-electron chi connectivity index (χ3n) is 1.94. The maximum absolute atomic E-state index is 11.3. The Hall–Kier alpha value is -1.92. The van der Waals surface area contributed by atoms with E-state index in [0.29, 0.717) is 11.4 Å². The third kappa shape index (κ3) is 4.21. The first-order valence-electron chi connectivity index (χ1n) is 5.05. The van der Waals surface area contributed by atoms with Gasteiger partial charge in [-0.3, -0.25) is 9.59 Å². The molecule has 0 saturated heterocycles. The van der Waals surface area contributed by atoms with Crippen LogP contribution in [-0.2, 0) is 14.3 Å². The standard InChI is InChI=1S/C11H15N3O3/c1-17-7-11(16)14-9-5-3-2-4-8(9)13-10(15)6-12/h2-5H,6-7,12H2,1H3,(H,13,15)(H,14,16). The van der Waals surface area contributed by atoms with E-state index in [1.165, 1.54) is 7.11 Å². The summed E-state index contributed by atoms with van der Waals surface area (Å²) in [4.78, 5) is 22.5. The fraction of sp³-hybridized carbons (Fsp3) is 0.273. The van der Waals surface area contributed by atoms with Gasteiger partial charge >= 0.3 is 0 Å². The number of carbonyl (C=O) groups is 2. The number of anilines is 2. The summed E-state index contributed by atoms with van der Waals surface area (Å²) in [5.74, 6) is -0.611. The van der Waals surface area contributed by atoms with Crippen molar-refractivity contribution < 1.29 is 14.3 Å².